The summed E-state index contributed by atoms with van der Waals surface area (Å²) in [6, 6.07) is 13.8. The van der Waals surface area contributed by atoms with Gasteiger partial charge in [-0.05, 0) is 45.3 Å². The molecular weight excluding hydrogens is 310 g/mol. The lowest BCUT2D eigenvalue weighted by molar-refractivity contribution is 0.282. The van der Waals surface area contributed by atoms with Gasteiger partial charge in [-0.2, -0.15) is 0 Å². The zero-order valence-electron chi connectivity index (χ0n) is 9.77. The first kappa shape index (κ1) is 13.5. The van der Waals surface area contributed by atoms with Crippen LogP contribution >= 0.6 is 27.7 Å². The molecule has 2 nitrogen and oxygen atoms in total. The van der Waals surface area contributed by atoms with Crippen molar-refractivity contribution in [3.63, 3.8) is 0 Å². The average Bonchev–Trinajstić information content (AvgIpc) is 2.38. The molecule has 3 N–H and O–H groups in total. The fourth-order valence-corrected chi connectivity index (χ4v) is 3.15. The molecule has 0 fully saturated rings. The van der Waals surface area contributed by atoms with Crippen molar-refractivity contribution in [1.29, 1.82) is 0 Å². The number of hydrogen-bond acceptors (Lipinski definition) is 3. The fourth-order valence-electron chi connectivity index (χ4n) is 1.54. The van der Waals surface area contributed by atoms with Crippen molar-refractivity contribution in [3.8, 4) is 0 Å². The minimum absolute atomic E-state index is 0.0942. The first-order valence-corrected chi connectivity index (χ1v) is 7.33. The van der Waals surface area contributed by atoms with Gasteiger partial charge in [0.15, 0.2) is 0 Å². The van der Waals surface area contributed by atoms with Crippen LogP contribution in [0.5, 0.6) is 0 Å². The minimum Gasteiger partial charge on any atom is -0.399 e. The van der Waals surface area contributed by atoms with Crippen LogP contribution in [0.4, 0.5) is 5.69 Å². The molecule has 0 radical (unpaired) electrons. The van der Waals surface area contributed by atoms with Gasteiger partial charge >= 0.3 is 0 Å². The predicted molar refractivity (Wildman–Crippen MR) is 80.5 cm³/mol. The van der Waals surface area contributed by atoms with Crippen LogP contribution in [0.15, 0.2) is 51.8 Å². The Hall–Kier alpha value is -0.970. The number of nitrogen functional groups attached to an aromatic ring is 1. The van der Waals surface area contributed by atoms with Crippen LogP contribution in [0, 0.1) is 0 Å². The second-order valence-electron chi connectivity index (χ2n) is 3.95. The Morgan fingerprint density at radius 3 is 2.33 bits per heavy atom. The van der Waals surface area contributed by atoms with Gasteiger partial charge in [0.25, 0.3) is 0 Å². The zero-order valence-corrected chi connectivity index (χ0v) is 12.2. The van der Waals surface area contributed by atoms with Gasteiger partial charge in [0, 0.05) is 20.8 Å². The highest BCUT2D eigenvalue weighted by Crippen LogP contribution is 2.31. The number of halogens is 1. The molecule has 4 heteroatoms. The highest BCUT2D eigenvalue weighted by atomic mass is 79.9. The Kier molecular flexibility index (Phi) is 4.69. The lowest BCUT2D eigenvalue weighted by Crippen LogP contribution is -1.87. The van der Waals surface area contributed by atoms with Gasteiger partial charge in [-0.1, -0.05) is 24.3 Å². The van der Waals surface area contributed by atoms with E-state index in [0.29, 0.717) is 0 Å². The number of thioether (sulfide) groups is 1. The molecule has 18 heavy (non-hydrogen) atoms. The predicted octanol–water partition coefficient (Wildman–Crippen LogP) is 3.82. The molecule has 0 aromatic heterocycles. The van der Waals surface area contributed by atoms with Gasteiger partial charge in [0.05, 0.1) is 6.61 Å². The summed E-state index contributed by atoms with van der Waals surface area (Å²) in [4.78, 5) is 1.18. The van der Waals surface area contributed by atoms with Crippen LogP contribution in [0.2, 0.25) is 0 Å². The Morgan fingerprint density at radius 1 is 1.06 bits per heavy atom. The third kappa shape index (κ3) is 3.51. The van der Waals surface area contributed by atoms with Gasteiger partial charge in [0.1, 0.15) is 0 Å². The zero-order chi connectivity index (χ0) is 13.0. The van der Waals surface area contributed by atoms with Crippen LogP contribution < -0.4 is 5.73 Å². The number of aliphatic hydroxyl groups excluding tert-OH is 1. The summed E-state index contributed by atoms with van der Waals surface area (Å²) in [5.41, 5.74) is 8.65. The third-order valence-electron chi connectivity index (χ3n) is 2.56. The maximum Gasteiger partial charge on any atom is 0.0681 e. The van der Waals surface area contributed by atoms with E-state index in [1.807, 2.05) is 42.5 Å². The van der Waals surface area contributed by atoms with Gasteiger partial charge in [-0.25, -0.2) is 0 Å². The van der Waals surface area contributed by atoms with Crippen molar-refractivity contribution in [2.24, 2.45) is 0 Å². The monoisotopic (exact) mass is 323 g/mol. The Balaban J connectivity index is 2.02. The van der Waals surface area contributed by atoms with E-state index in [1.54, 1.807) is 11.8 Å². The van der Waals surface area contributed by atoms with E-state index >= 15 is 0 Å². The summed E-state index contributed by atoms with van der Waals surface area (Å²) in [5.74, 6) is 0.897. The molecule has 2 aromatic rings. The number of benzene rings is 2. The van der Waals surface area contributed by atoms with Gasteiger partial charge in [0.2, 0.25) is 0 Å². The van der Waals surface area contributed by atoms with E-state index in [1.165, 1.54) is 10.5 Å². The lowest BCUT2D eigenvalue weighted by Gasteiger charge is -2.06. The SMILES string of the molecule is Nc1ccc(SCc2ccc(CO)cc2)c(Br)c1. The van der Waals surface area contributed by atoms with Crippen LogP contribution in [0.1, 0.15) is 11.1 Å². The molecule has 0 unspecified atom stereocenters. The van der Waals surface area contributed by atoms with Crippen molar-refractivity contribution in [3.05, 3.63) is 58.1 Å². The largest absolute Gasteiger partial charge is 0.399 e. The third-order valence-corrected chi connectivity index (χ3v) is 4.62. The number of nitrogens with two attached hydrogens (primary N) is 1. The molecule has 0 spiro atoms. The molecule has 0 saturated carbocycles. The summed E-state index contributed by atoms with van der Waals surface area (Å²) >= 11 is 5.27. The molecule has 0 saturated heterocycles. The minimum atomic E-state index is 0.0942. The number of aliphatic hydroxyl groups is 1. The van der Waals surface area contributed by atoms with Crippen molar-refractivity contribution in [1.82, 2.24) is 0 Å². The van der Waals surface area contributed by atoms with Crippen LogP contribution in [0.25, 0.3) is 0 Å². The standard InChI is InChI=1S/C14H14BrNOS/c15-13-7-12(16)5-6-14(13)18-9-11-3-1-10(8-17)2-4-11/h1-7,17H,8-9,16H2. The number of rotatable bonds is 4. The molecule has 0 aliphatic heterocycles. The van der Waals surface area contributed by atoms with E-state index in [4.69, 9.17) is 10.8 Å². The topological polar surface area (TPSA) is 46.2 Å². The maximum atomic E-state index is 8.98. The smallest absolute Gasteiger partial charge is 0.0681 e. The molecule has 0 atom stereocenters. The molecule has 0 aliphatic carbocycles. The van der Waals surface area contributed by atoms with Crippen molar-refractivity contribution in [2.75, 3.05) is 5.73 Å². The van der Waals surface area contributed by atoms with Crippen molar-refractivity contribution >= 4 is 33.4 Å². The van der Waals surface area contributed by atoms with Crippen molar-refractivity contribution in [2.45, 2.75) is 17.3 Å². The summed E-state index contributed by atoms with van der Waals surface area (Å²) in [6.07, 6.45) is 0. The first-order chi connectivity index (χ1) is 8.69. The van der Waals surface area contributed by atoms with Gasteiger partial charge in [-0.15, -0.1) is 11.8 Å². The number of hydrogen-bond donors (Lipinski definition) is 2. The number of anilines is 1. The van der Waals surface area contributed by atoms with E-state index in [9.17, 15) is 0 Å². The molecule has 0 amide bonds. The Bertz CT molecular complexity index is 528. The van der Waals surface area contributed by atoms with Crippen LogP contribution in [-0.4, -0.2) is 5.11 Å². The fraction of sp³-hybridized carbons (Fsp3) is 0.143. The molecule has 2 aromatic carbocycles. The van der Waals surface area contributed by atoms with Crippen LogP contribution in [-0.2, 0) is 12.4 Å². The highest BCUT2D eigenvalue weighted by Gasteiger charge is 2.02. The summed E-state index contributed by atoms with van der Waals surface area (Å²) < 4.78 is 1.03. The summed E-state index contributed by atoms with van der Waals surface area (Å²) in [6.45, 7) is 0.0942. The maximum absolute atomic E-state index is 8.98. The molecule has 0 bridgehead atoms. The Morgan fingerprint density at radius 2 is 1.72 bits per heavy atom. The summed E-state index contributed by atoms with van der Waals surface area (Å²) in [7, 11) is 0. The summed E-state index contributed by atoms with van der Waals surface area (Å²) in [5, 5.41) is 8.98. The van der Waals surface area contributed by atoms with E-state index in [-0.39, 0.29) is 6.61 Å². The van der Waals surface area contributed by atoms with Gasteiger partial charge in [-0.3, -0.25) is 0 Å². The molecule has 2 rings (SSSR count). The average molecular weight is 324 g/mol. The van der Waals surface area contributed by atoms with E-state index < -0.39 is 0 Å². The molecular formula is C14H14BrNOS. The lowest BCUT2D eigenvalue weighted by atomic mass is 10.2. The second-order valence-corrected chi connectivity index (χ2v) is 5.82. The normalized spacial score (nSPS) is 10.6. The highest BCUT2D eigenvalue weighted by molar-refractivity contribution is 9.10. The quantitative estimate of drug-likeness (QED) is 0.664. The Labute approximate surface area is 119 Å². The van der Waals surface area contributed by atoms with Crippen LogP contribution in [0.3, 0.4) is 0 Å². The van der Waals surface area contributed by atoms with E-state index in [0.717, 1.165) is 21.5 Å². The molecule has 94 valence electrons. The van der Waals surface area contributed by atoms with E-state index in [2.05, 4.69) is 15.9 Å². The second kappa shape index (κ2) is 6.27. The van der Waals surface area contributed by atoms with Crippen molar-refractivity contribution < 1.29 is 5.11 Å². The molecule has 0 aliphatic rings. The van der Waals surface area contributed by atoms with Gasteiger partial charge < -0.3 is 10.8 Å². The molecule has 0 heterocycles. The first-order valence-electron chi connectivity index (χ1n) is 5.55.